The number of rotatable bonds is 3. The lowest BCUT2D eigenvalue weighted by atomic mass is 9.64. The fourth-order valence-electron chi connectivity index (χ4n) is 2.74. The lowest BCUT2D eigenvalue weighted by Crippen LogP contribution is -2.57. The minimum absolute atomic E-state index is 0.110. The van der Waals surface area contributed by atoms with Gasteiger partial charge >= 0.3 is 0 Å². The van der Waals surface area contributed by atoms with Crippen molar-refractivity contribution >= 4 is 11.6 Å². The van der Waals surface area contributed by atoms with Gasteiger partial charge in [-0.25, -0.2) is 4.98 Å². The average Bonchev–Trinajstić information content (AvgIpc) is 2.81. The first-order valence-electron chi connectivity index (χ1n) is 6.49. The second kappa shape index (κ2) is 4.16. The summed E-state index contributed by atoms with van der Waals surface area (Å²) < 4.78 is 7.22. The first-order valence-corrected chi connectivity index (χ1v) is 6.49. The van der Waals surface area contributed by atoms with Crippen molar-refractivity contribution in [1.82, 2.24) is 19.6 Å². The normalized spacial score (nSPS) is 25.3. The van der Waals surface area contributed by atoms with Gasteiger partial charge in [0.25, 0.3) is 5.78 Å². The van der Waals surface area contributed by atoms with Crippen LogP contribution in [0.2, 0.25) is 0 Å². The van der Waals surface area contributed by atoms with E-state index in [2.05, 4.69) is 34.2 Å². The molecule has 1 aliphatic carbocycles. The minimum Gasteiger partial charge on any atom is -0.381 e. The predicted octanol–water partition coefficient (Wildman–Crippen LogP) is 1.66. The Bertz CT molecular complexity index is 606. The van der Waals surface area contributed by atoms with Crippen molar-refractivity contribution in [1.29, 1.82) is 0 Å². The number of nitrogens with zero attached hydrogens (tertiary/aromatic N) is 4. The Balaban J connectivity index is 1.88. The van der Waals surface area contributed by atoms with E-state index in [9.17, 15) is 0 Å². The molecule has 1 aliphatic rings. The number of ether oxygens (including phenoxy) is 1. The molecule has 1 fully saturated rings. The second-order valence-corrected chi connectivity index (χ2v) is 5.73. The molecular weight excluding hydrogens is 242 g/mol. The van der Waals surface area contributed by atoms with E-state index in [0.29, 0.717) is 17.9 Å². The molecule has 2 atom stereocenters. The van der Waals surface area contributed by atoms with Crippen LogP contribution in [-0.2, 0) is 4.74 Å². The van der Waals surface area contributed by atoms with Gasteiger partial charge in [0.1, 0.15) is 12.1 Å². The molecule has 2 unspecified atom stereocenters. The molecule has 0 aliphatic heterocycles. The van der Waals surface area contributed by atoms with Crippen LogP contribution in [0.4, 0.5) is 5.82 Å². The highest BCUT2D eigenvalue weighted by Crippen LogP contribution is 2.43. The Morgan fingerprint density at radius 1 is 1.47 bits per heavy atom. The van der Waals surface area contributed by atoms with E-state index < -0.39 is 0 Å². The van der Waals surface area contributed by atoms with Crippen LogP contribution in [0.5, 0.6) is 0 Å². The van der Waals surface area contributed by atoms with Gasteiger partial charge in [0.2, 0.25) is 0 Å². The molecule has 6 heteroatoms. The fraction of sp³-hybridized carbons (Fsp3) is 0.615. The lowest BCUT2D eigenvalue weighted by molar-refractivity contribution is -0.0796. The summed E-state index contributed by atoms with van der Waals surface area (Å²) in [6.45, 7) is 6.40. The van der Waals surface area contributed by atoms with Crippen LogP contribution in [0.1, 0.15) is 26.0 Å². The SMILES string of the molecule is COC1CC(Nc2cc(C)nc3ncnn23)C1(C)C. The maximum atomic E-state index is 5.48. The number of aryl methyl sites for hydroxylation is 1. The average molecular weight is 261 g/mol. The van der Waals surface area contributed by atoms with Crippen molar-refractivity contribution in [2.24, 2.45) is 5.41 Å². The van der Waals surface area contributed by atoms with Crippen LogP contribution >= 0.6 is 0 Å². The quantitative estimate of drug-likeness (QED) is 0.910. The summed E-state index contributed by atoms with van der Waals surface area (Å²) in [6.07, 6.45) is 2.83. The Morgan fingerprint density at radius 3 is 2.95 bits per heavy atom. The molecular formula is C13H19N5O. The van der Waals surface area contributed by atoms with Crippen LogP contribution in [0.15, 0.2) is 12.4 Å². The number of aromatic nitrogens is 4. The third-order valence-electron chi connectivity index (χ3n) is 4.16. The number of methoxy groups -OCH3 is 1. The molecule has 0 saturated heterocycles. The highest BCUT2D eigenvalue weighted by Gasteiger charge is 2.48. The molecule has 0 spiro atoms. The maximum absolute atomic E-state index is 5.48. The molecule has 6 nitrogen and oxygen atoms in total. The summed E-state index contributed by atoms with van der Waals surface area (Å²) >= 11 is 0. The Labute approximate surface area is 112 Å². The maximum Gasteiger partial charge on any atom is 0.254 e. The highest BCUT2D eigenvalue weighted by molar-refractivity contribution is 5.46. The van der Waals surface area contributed by atoms with Gasteiger partial charge in [0.15, 0.2) is 0 Å². The van der Waals surface area contributed by atoms with E-state index in [1.165, 1.54) is 6.33 Å². The zero-order valence-corrected chi connectivity index (χ0v) is 11.7. The summed E-state index contributed by atoms with van der Waals surface area (Å²) in [7, 11) is 1.77. The standard InChI is InChI=1S/C13H19N5O/c1-8-5-11(18-12(16-8)14-7-15-18)17-9-6-10(19-4)13(9,2)3/h5,7,9-10,17H,6H2,1-4H3. The lowest BCUT2D eigenvalue weighted by Gasteiger charge is -2.51. The summed E-state index contributed by atoms with van der Waals surface area (Å²) in [5.41, 5.74) is 1.04. The van der Waals surface area contributed by atoms with Crippen molar-refractivity contribution < 1.29 is 4.74 Å². The van der Waals surface area contributed by atoms with Gasteiger partial charge in [0, 0.05) is 30.3 Å². The fourth-order valence-corrected chi connectivity index (χ4v) is 2.74. The molecule has 0 radical (unpaired) electrons. The van der Waals surface area contributed by atoms with Gasteiger partial charge in [-0.1, -0.05) is 13.8 Å². The number of hydrogen-bond donors (Lipinski definition) is 1. The van der Waals surface area contributed by atoms with E-state index in [-0.39, 0.29) is 5.41 Å². The van der Waals surface area contributed by atoms with Gasteiger partial charge in [-0.2, -0.15) is 14.6 Å². The molecule has 0 aromatic carbocycles. The third-order valence-corrected chi connectivity index (χ3v) is 4.16. The first kappa shape index (κ1) is 12.3. The van der Waals surface area contributed by atoms with Crippen molar-refractivity contribution in [2.45, 2.75) is 39.3 Å². The van der Waals surface area contributed by atoms with Crippen molar-refractivity contribution in [3.63, 3.8) is 0 Å². The summed E-state index contributed by atoms with van der Waals surface area (Å²) in [6, 6.07) is 2.37. The van der Waals surface area contributed by atoms with Crippen LogP contribution < -0.4 is 5.32 Å². The molecule has 2 aromatic heterocycles. The van der Waals surface area contributed by atoms with E-state index in [1.54, 1.807) is 11.6 Å². The van der Waals surface area contributed by atoms with Crippen LogP contribution in [-0.4, -0.2) is 38.8 Å². The zero-order chi connectivity index (χ0) is 13.6. The Morgan fingerprint density at radius 2 is 2.26 bits per heavy atom. The third kappa shape index (κ3) is 1.87. The van der Waals surface area contributed by atoms with Gasteiger partial charge in [-0.15, -0.1) is 0 Å². The monoisotopic (exact) mass is 261 g/mol. The number of fused-ring (bicyclic) bond motifs is 1. The molecule has 2 aromatic rings. The molecule has 0 amide bonds. The topological polar surface area (TPSA) is 64.3 Å². The van der Waals surface area contributed by atoms with E-state index in [4.69, 9.17) is 4.74 Å². The predicted molar refractivity (Wildman–Crippen MR) is 72.1 cm³/mol. The van der Waals surface area contributed by atoms with Crippen molar-refractivity contribution in [2.75, 3.05) is 12.4 Å². The van der Waals surface area contributed by atoms with Crippen molar-refractivity contribution in [3.05, 3.63) is 18.1 Å². The minimum atomic E-state index is 0.110. The molecule has 3 rings (SSSR count). The zero-order valence-electron chi connectivity index (χ0n) is 11.7. The van der Waals surface area contributed by atoms with Crippen LogP contribution in [0.3, 0.4) is 0 Å². The molecule has 0 bridgehead atoms. The Kier molecular flexibility index (Phi) is 2.70. The van der Waals surface area contributed by atoms with Crippen LogP contribution in [0.25, 0.3) is 5.78 Å². The van der Waals surface area contributed by atoms with Crippen LogP contribution in [0, 0.1) is 12.3 Å². The highest BCUT2D eigenvalue weighted by atomic mass is 16.5. The van der Waals surface area contributed by atoms with E-state index >= 15 is 0 Å². The smallest absolute Gasteiger partial charge is 0.254 e. The molecule has 102 valence electrons. The molecule has 1 N–H and O–H groups in total. The van der Waals surface area contributed by atoms with Gasteiger partial charge in [0.05, 0.1) is 6.10 Å². The van der Waals surface area contributed by atoms with Gasteiger partial charge < -0.3 is 10.1 Å². The summed E-state index contributed by atoms with van der Waals surface area (Å²) in [4.78, 5) is 8.47. The number of anilines is 1. The number of nitrogens with one attached hydrogen (secondary N) is 1. The Hall–Kier alpha value is -1.69. The van der Waals surface area contributed by atoms with E-state index in [1.807, 2.05) is 13.0 Å². The van der Waals surface area contributed by atoms with Gasteiger partial charge in [-0.05, 0) is 13.3 Å². The molecule has 19 heavy (non-hydrogen) atoms. The first-order chi connectivity index (χ1) is 9.02. The summed E-state index contributed by atoms with van der Waals surface area (Å²) in [5.74, 6) is 1.57. The van der Waals surface area contributed by atoms with Gasteiger partial charge in [-0.3, -0.25) is 0 Å². The molecule has 2 heterocycles. The van der Waals surface area contributed by atoms with Crippen molar-refractivity contribution in [3.8, 4) is 0 Å². The number of hydrogen-bond acceptors (Lipinski definition) is 5. The largest absolute Gasteiger partial charge is 0.381 e. The summed E-state index contributed by atoms with van der Waals surface area (Å²) in [5, 5.41) is 7.75. The second-order valence-electron chi connectivity index (χ2n) is 5.73. The molecule has 1 saturated carbocycles. The van der Waals surface area contributed by atoms with E-state index in [0.717, 1.165) is 17.9 Å².